The zero-order valence-electron chi connectivity index (χ0n) is 15.9. The molecule has 146 valence electrons. The van der Waals surface area contributed by atoms with Crippen molar-refractivity contribution in [2.45, 2.75) is 26.3 Å². The third kappa shape index (κ3) is 4.58. The molecule has 0 fully saturated rings. The molecule has 0 spiro atoms. The van der Waals surface area contributed by atoms with E-state index in [4.69, 9.17) is 4.74 Å². The third-order valence-electron chi connectivity index (χ3n) is 4.18. The molecule has 2 heterocycles. The van der Waals surface area contributed by atoms with Gasteiger partial charge in [0, 0.05) is 10.6 Å². The molecule has 0 bridgehead atoms. The first kappa shape index (κ1) is 19.6. The van der Waals surface area contributed by atoms with Gasteiger partial charge in [0.1, 0.15) is 0 Å². The number of thiophene rings is 1. The van der Waals surface area contributed by atoms with Gasteiger partial charge < -0.3 is 15.4 Å². The van der Waals surface area contributed by atoms with Crippen LogP contribution in [0, 0.1) is 13.8 Å². The zero-order chi connectivity index (χ0) is 20.1. The fourth-order valence-electron chi connectivity index (χ4n) is 2.92. The van der Waals surface area contributed by atoms with E-state index in [0.717, 1.165) is 22.0 Å². The molecule has 1 aromatic carbocycles. The van der Waals surface area contributed by atoms with Crippen molar-refractivity contribution < 1.29 is 14.3 Å². The van der Waals surface area contributed by atoms with Gasteiger partial charge in [0.15, 0.2) is 0 Å². The van der Waals surface area contributed by atoms with Crippen LogP contribution in [0.3, 0.4) is 0 Å². The van der Waals surface area contributed by atoms with Crippen LogP contribution in [0.5, 0.6) is 0 Å². The van der Waals surface area contributed by atoms with Crippen LogP contribution in [0.1, 0.15) is 28.7 Å². The summed E-state index contributed by atoms with van der Waals surface area (Å²) in [5, 5.41) is 12.1. The number of hydrogen-bond donors (Lipinski definition) is 2. The van der Waals surface area contributed by atoms with E-state index in [2.05, 4.69) is 15.7 Å². The molecule has 0 saturated carbocycles. The molecule has 0 aliphatic rings. The first-order valence-corrected chi connectivity index (χ1v) is 9.66. The highest BCUT2D eigenvalue weighted by Gasteiger charge is 2.20. The van der Waals surface area contributed by atoms with Crippen LogP contribution in [0.2, 0.25) is 0 Å². The van der Waals surface area contributed by atoms with Crippen molar-refractivity contribution >= 4 is 29.0 Å². The van der Waals surface area contributed by atoms with Gasteiger partial charge in [-0.2, -0.15) is 5.10 Å². The fraction of sp³-hybridized carbons (Fsp3) is 0.250. The molecule has 0 unspecified atom stereocenters. The summed E-state index contributed by atoms with van der Waals surface area (Å²) in [6.07, 6.45) is 0.0591. The number of nitrogens with one attached hydrogen (secondary N) is 2. The SMILES string of the molecule is COC(=O)C[C@@H](NC(=O)Nc1ccccc1-n1nc(C)cc1C)c1cccs1. The maximum atomic E-state index is 12.7. The van der Waals surface area contributed by atoms with E-state index in [1.807, 2.05) is 61.7 Å². The van der Waals surface area contributed by atoms with Gasteiger partial charge >= 0.3 is 12.0 Å². The van der Waals surface area contributed by atoms with E-state index in [1.54, 1.807) is 4.68 Å². The molecular formula is C20H22N4O3S. The highest BCUT2D eigenvalue weighted by atomic mass is 32.1. The number of benzene rings is 1. The molecule has 3 rings (SSSR count). The Morgan fingerprint density at radius 1 is 1.21 bits per heavy atom. The molecule has 2 amide bonds. The number of esters is 1. The highest BCUT2D eigenvalue weighted by Crippen LogP contribution is 2.24. The van der Waals surface area contributed by atoms with Crippen LogP contribution in [-0.2, 0) is 9.53 Å². The second-order valence-electron chi connectivity index (χ2n) is 6.30. The number of aryl methyl sites for hydroxylation is 2. The Labute approximate surface area is 167 Å². The van der Waals surface area contributed by atoms with E-state index < -0.39 is 12.1 Å². The standard InChI is InChI=1S/C20H22N4O3S/c1-13-11-14(2)24(23-13)17-8-5-4-7-15(17)21-20(26)22-16(12-19(25)27-3)18-9-6-10-28-18/h4-11,16H,12H2,1-3H3,(H2,21,22,26)/t16-/m1/s1. The monoisotopic (exact) mass is 398 g/mol. The summed E-state index contributed by atoms with van der Waals surface area (Å²) in [4.78, 5) is 25.3. The third-order valence-corrected chi connectivity index (χ3v) is 5.17. The lowest BCUT2D eigenvalue weighted by Gasteiger charge is -2.18. The van der Waals surface area contributed by atoms with Crippen molar-refractivity contribution in [2.75, 3.05) is 12.4 Å². The van der Waals surface area contributed by atoms with Gasteiger partial charge in [-0.1, -0.05) is 18.2 Å². The summed E-state index contributed by atoms with van der Waals surface area (Å²) in [6.45, 7) is 3.88. The number of rotatable bonds is 6. The lowest BCUT2D eigenvalue weighted by molar-refractivity contribution is -0.141. The first-order valence-electron chi connectivity index (χ1n) is 8.78. The van der Waals surface area contributed by atoms with Gasteiger partial charge in [-0.05, 0) is 43.5 Å². The Morgan fingerprint density at radius 2 is 2.00 bits per heavy atom. The van der Waals surface area contributed by atoms with Crippen LogP contribution in [0.25, 0.3) is 5.69 Å². The summed E-state index contributed by atoms with van der Waals surface area (Å²) in [5.41, 5.74) is 3.25. The Kier molecular flexibility index (Phi) is 6.10. The number of urea groups is 1. The van der Waals surface area contributed by atoms with Crippen LogP contribution < -0.4 is 10.6 Å². The van der Waals surface area contributed by atoms with Crippen molar-refractivity contribution in [3.05, 3.63) is 64.1 Å². The Bertz CT molecular complexity index is 966. The Morgan fingerprint density at radius 3 is 2.64 bits per heavy atom. The van der Waals surface area contributed by atoms with E-state index in [-0.39, 0.29) is 12.4 Å². The summed E-state index contributed by atoms with van der Waals surface area (Å²) in [7, 11) is 1.33. The largest absolute Gasteiger partial charge is 0.469 e. The minimum Gasteiger partial charge on any atom is -0.469 e. The average Bonchev–Trinajstić information content (AvgIpc) is 3.31. The lowest BCUT2D eigenvalue weighted by atomic mass is 10.1. The number of aromatic nitrogens is 2. The number of amides is 2. The molecule has 2 aromatic heterocycles. The number of ether oxygens (including phenoxy) is 1. The normalized spacial score (nSPS) is 11.7. The molecule has 1 atom stereocenters. The van der Waals surface area contributed by atoms with Crippen molar-refractivity contribution in [1.82, 2.24) is 15.1 Å². The average molecular weight is 398 g/mol. The molecule has 3 aromatic rings. The van der Waals surface area contributed by atoms with Gasteiger partial charge in [-0.15, -0.1) is 11.3 Å². The number of nitrogens with zero attached hydrogens (tertiary/aromatic N) is 2. The number of para-hydroxylation sites is 2. The molecule has 28 heavy (non-hydrogen) atoms. The predicted octanol–water partition coefficient (Wildman–Crippen LogP) is 3.98. The van der Waals surface area contributed by atoms with E-state index in [9.17, 15) is 9.59 Å². The summed E-state index contributed by atoms with van der Waals surface area (Å²) >= 11 is 1.47. The number of hydrogen-bond acceptors (Lipinski definition) is 5. The summed E-state index contributed by atoms with van der Waals surface area (Å²) in [6, 6.07) is 12.3. The number of carbonyl (C=O) groups excluding carboxylic acids is 2. The molecule has 0 radical (unpaired) electrons. The van der Waals surface area contributed by atoms with Crippen LogP contribution in [-0.4, -0.2) is 28.9 Å². The number of anilines is 1. The molecule has 7 nitrogen and oxygen atoms in total. The zero-order valence-corrected chi connectivity index (χ0v) is 16.7. The van der Waals surface area contributed by atoms with Gasteiger partial charge in [-0.3, -0.25) is 4.79 Å². The Balaban J connectivity index is 1.79. The van der Waals surface area contributed by atoms with Gasteiger partial charge in [0.25, 0.3) is 0 Å². The van der Waals surface area contributed by atoms with Crippen molar-refractivity contribution in [3.63, 3.8) is 0 Å². The highest BCUT2D eigenvalue weighted by molar-refractivity contribution is 7.10. The number of methoxy groups -OCH3 is 1. The maximum absolute atomic E-state index is 12.7. The van der Waals surface area contributed by atoms with Crippen LogP contribution in [0.4, 0.5) is 10.5 Å². The van der Waals surface area contributed by atoms with E-state index in [1.165, 1.54) is 18.4 Å². The molecule has 0 saturated heterocycles. The molecular weight excluding hydrogens is 376 g/mol. The fourth-order valence-corrected chi connectivity index (χ4v) is 3.69. The minimum atomic E-state index is -0.465. The van der Waals surface area contributed by atoms with E-state index >= 15 is 0 Å². The van der Waals surface area contributed by atoms with Crippen LogP contribution in [0.15, 0.2) is 47.8 Å². The van der Waals surface area contributed by atoms with Crippen LogP contribution >= 0.6 is 11.3 Å². The quantitative estimate of drug-likeness (QED) is 0.615. The number of carbonyl (C=O) groups is 2. The minimum absolute atomic E-state index is 0.0591. The van der Waals surface area contributed by atoms with Crippen molar-refractivity contribution in [2.24, 2.45) is 0 Å². The smallest absolute Gasteiger partial charge is 0.319 e. The molecule has 8 heteroatoms. The maximum Gasteiger partial charge on any atom is 0.319 e. The van der Waals surface area contributed by atoms with Gasteiger partial charge in [-0.25, -0.2) is 9.48 Å². The van der Waals surface area contributed by atoms with Gasteiger partial charge in [0.05, 0.1) is 36.6 Å². The summed E-state index contributed by atoms with van der Waals surface area (Å²) < 4.78 is 6.54. The van der Waals surface area contributed by atoms with Crippen molar-refractivity contribution in [1.29, 1.82) is 0 Å². The van der Waals surface area contributed by atoms with Crippen molar-refractivity contribution in [3.8, 4) is 5.69 Å². The van der Waals surface area contributed by atoms with E-state index in [0.29, 0.717) is 5.69 Å². The second-order valence-corrected chi connectivity index (χ2v) is 7.28. The lowest BCUT2D eigenvalue weighted by Crippen LogP contribution is -2.34. The topological polar surface area (TPSA) is 85.2 Å². The molecule has 0 aliphatic heterocycles. The Hall–Kier alpha value is -3.13. The van der Waals surface area contributed by atoms with Gasteiger partial charge in [0.2, 0.25) is 0 Å². The first-order chi connectivity index (χ1) is 13.5. The second kappa shape index (κ2) is 8.71. The summed E-state index contributed by atoms with van der Waals surface area (Å²) in [5.74, 6) is -0.387. The molecule has 2 N–H and O–H groups in total. The predicted molar refractivity (Wildman–Crippen MR) is 109 cm³/mol. The molecule has 0 aliphatic carbocycles.